The van der Waals surface area contributed by atoms with Crippen LogP contribution in [0.1, 0.15) is 11.1 Å². The minimum absolute atomic E-state index is 0.892. The molecule has 0 aliphatic heterocycles. The lowest BCUT2D eigenvalue weighted by Gasteiger charge is -2.16. The first-order chi connectivity index (χ1) is 9.49. The smallest absolute Gasteiger partial charge is 0.118 e. The Hall–Kier alpha value is -1.80. The summed E-state index contributed by atoms with van der Waals surface area (Å²) in [5.41, 5.74) is 2.45. The van der Waals surface area contributed by atoms with E-state index >= 15 is 0 Å². The Morgan fingerprint density at radius 2 is 1.50 bits per heavy atom. The number of benzene rings is 2. The third kappa shape index (κ3) is 3.84. The first kappa shape index (κ1) is 14.6. The molecule has 0 unspecified atom stereocenters. The normalized spacial score (nSPS) is 11.8. The number of hydrogen-bond acceptors (Lipinski definition) is 1. The molecule has 0 spiro atoms. The molecule has 2 aromatic carbocycles. The highest BCUT2D eigenvalue weighted by molar-refractivity contribution is 6.88. The topological polar surface area (TPSA) is 9.23 Å². The second-order valence-corrected chi connectivity index (χ2v) is 11.1. The quantitative estimate of drug-likeness (QED) is 0.596. The van der Waals surface area contributed by atoms with Crippen LogP contribution in [-0.2, 0) is 0 Å². The van der Waals surface area contributed by atoms with E-state index in [0.717, 1.165) is 5.75 Å². The van der Waals surface area contributed by atoms with Crippen LogP contribution in [0.4, 0.5) is 0 Å². The molecule has 104 valence electrons. The molecule has 0 amide bonds. The number of ether oxygens (including phenoxy) is 1. The standard InChI is InChI=1S/C18H22OSi/c1-19-17-12-10-15(11-13-17)8-9-16-6-5-7-18(14-16)20(2,3)4/h5-14H,1-4H3/b9-8+. The van der Waals surface area contributed by atoms with Crippen LogP contribution < -0.4 is 9.92 Å². The summed E-state index contributed by atoms with van der Waals surface area (Å²) >= 11 is 0. The first-order valence-corrected chi connectivity index (χ1v) is 10.4. The van der Waals surface area contributed by atoms with Gasteiger partial charge in [-0.05, 0) is 23.3 Å². The second-order valence-electron chi connectivity index (χ2n) is 5.98. The van der Waals surface area contributed by atoms with Crippen LogP contribution in [0.2, 0.25) is 19.6 Å². The summed E-state index contributed by atoms with van der Waals surface area (Å²) in [5.74, 6) is 0.892. The molecule has 0 aliphatic rings. The van der Waals surface area contributed by atoms with Crippen LogP contribution in [0.5, 0.6) is 5.75 Å². The zero-order valence-corrected chi connectivity index (χ0v) is 13.7. The van der Waals surface area contributed by atoms with Gasteiger partial charge in [0.1, 0.15) is 5.75 Å². The second kappa shape index (κ2) is 6.10. The predicted octanol–water partition coefficient (Wildman–Crippen LogP) is 4.41. The monoisotopic (exact) mass is 282 g/mol. The molecule has 0 bridgehead atoms. The van der Waals surface area contributed by atoms with Gasteiger partial charge in [0.25, 0.3) is 0 Å². The van der Waals surface area contributed by atoms with Crippen molar-refractivity contribution in [3.05, 3.63) is 59.7 Å². The van der Waals surface area contributed by atoms with E-state index in [1.165, 1.54) is 16.3 Å². The molecule has 0 atom stereocenters. The Morgan fingerprint density at radius 1 is 0.850 bits per heavy atom. The molecule has 2 heteroatoms. The Kier molecular flexibility index (Phi) is 4.45. The summed E-state index contributed by atoms with van der Waals surface area (Å²) in [6, 6.07) is 17.0. The van der Waals surface area contributed by atoms with Gasteiger partial charge in [-0.15, -0.1) is 0 Å². The van der Waals surface area contributed by atoms with Gasteiger partial charge in [-0.25, -0.2) is 0 Å². The highest BCUT2D eigenvalue weighted by Crippen LogP contribution is 2.14. The molecule has 0 saturated carbocycles. The van der Waals surface area contributed by atoms with E-state index in [2.05, 4.69) is 68.2 Å². The van der Waals surface area contributed by atoms with Crippen molar-refractivity contribution in [1.29, 1.82) is 0 Å². The van der Waals surface area contributed by atoms with Gasteiger partial charge < -0.3 is 4.74 Å². The average Bonchev–Trinajstić information content (AvgIpc) is 2.45. The summed E-state index contributed by atoms with van der Waals surface area (Å²) in [4.78, 5) is 0. The molecule has 0 aromatic heterocycles. The fourth-order valence-electron chi connectivity index (χ4n) is 2.02. The zero-order chi connectivity index (χ0) is 14.6. The van der Waals surface area contributed by atoms with Gasteiger partial charge in [-0.2, -0.15) is 0 Å². The predicted molar refractivity (Wildman–Crippen MR) is 91.3 cm³/mol. The Balaban J connectivity index is 2.18. The van der Waals surface area contributed by atoms with Crippen LogP contribution in [0, 0.1) is 0 Å². The highest BCUT2D eigenvalue weighted by Gasteiger charge is 2.15. The molecule has 0 fully saturated rings. The van der Waals surface area contributed by atoms with Crippen molar-refractivity contribution < 1.29 is 4.74 Å². The molecular weight excluding hydrogens is 260 g/mol. The maximum atomic E-state index is 5.17. The van der Waals surface area contributed by atoms with Gasteiger partial charge in [0.15, 0.2) is 0 Å². The number of methoxy groups -OCH3 is 1. The molecule has 2 rings (SSSR count). The lowest BCUT2D eigenvalue weighted by Crippen LogP contribution is -2.37. The molecule has 1 nitrogen and oxygen atoms in total. The summed E-state index contributed by atoms with van der Waals surface area (Å²) in [6.45, 7) is 7.12. The van der Waals surface area contributed by atoms with Crippen molar-refractivity contribution in [3.8, 4) is 5.75 Å². The Bertz CT molecular complexity index is 592. The van der Waals surface area contributed by atoms with Crippen molar-refractivity contribution in [1.82, 2.24) is 0 Å². The molecular formula is C18H22OSi. The lowest BCUT2D eigenvalue weighted by molar-refractivity contribution is 0.415. The van der Waals surface area contributed by atoms with Crippen LogP contribution in [-0.4, -0.2) is 15.2 Å². The summed E-state index contributed by atoms with van der Waals surface area (Å²) < 4.78 is 5.17. The molecule has 2 aromatic rings. The van der Waals surface area contributed by atoms with E-state index in [9.17, 15) is 0 Å². The minimum Gasteiger partial charge on any atom is -0.497 e. The summed E-state index contributed by atoms with van der Waals surface area (Å²) in [5, 5.41) is 1.49. The fraction of sp³-hybridized carbons (Fsp3) is 0.222. The molecule has 20 heavy (non-hydrogen) atoms. The van der Waals surface area contributed by atoms with E-state index in [4.69, 9.17) is 4.74 Å². The van der Waals surface area contributed by atoms with Crippen molar-refractivity contribution in [2.24, 2.45) is 0 Å². The van der Waals surface area contributed by atoms with Crippen LogP contribution in [0.25, 0.3) is 12.2 Å². The van der Waals surface area contributed by atoms with Crippen LogP contribution in [0.3, 0.4) is 0 Å². The van der Waals surface area contributed by atoms with Crippen molar-refractivity contribution >= 4 is 25.4 Å². The van der Waals surface area contributed by atoms with Crippen molar-refractivity contribution in [3.63, 3.8) is 0 Å². The van der Waals surface area contributed by atoms with E-state index in [1.807, 2.05) is 12.1 Å². The fourth-order valence-corrected chi connectivity index (χ4v) is 3.21. The van der Waals surface area contributed by atoms with Crippen molar-refractivity contribution in [2.75, 3.05) is 7.11 Å². The minimum atomic E-state index is -1.24. The van der Waals surface area contributed by atoms with Gasteiger partial charge >= 0.3 is 0 Å². The van der Waals surface area contributed by atoms with Crippen LogP contribution >= 0.6 is 0 Å². The maximum Gasteiger partial charge on any atom is 0.118 e. The molecule has 0 radical (unpaired) electrons. The van der Waals surface area contributed by atoms with Crippen LogP contribution in [0.15, 0.2) is 48.5 Å². The Morgan fingerprint density at radius 3 is 2.10 bits per heavy atom. The van der Waals surface area contributed by atoms with E-state index in [0.29, 0.717) is 0 Å². The average molecular weight is 282 g/mol. The van der Waals surface area contributed by atoms with Gasteiger partial charge in [0.05, 0.1) is 15.2 Å². The van der Waals surface area contributed by atoms with Gasteiger partial charge in [-0.1, -0.05) is 73.4 Å². The summed E-state index contributed by atoms with van der Waals surface area (Å²) in [6.07, 6.45) is 4.31. The van der Waals surface area contributed by atoms with Gasteiger partial charge in [0.2, 0.25) is 0 Å². The van der Waals surface area contributed by atoms with E-state index < -0.39 is 8.07 Å². The van der Waals surface area contributed by atoms with Gasteiger partial charge in [0, 0.05) is 0 Å². The molecule has 0 heterocycles. The molecule has 0 aliphatic carbocycles. The SMILES string of the molecule is COc1ccc(/C=C/c2cccc([Si](C)(C)C)c2)cc1. The molecule has 0 N–H and O–H groups in total. The molecule has 0 saturated heterocycles. The third-order valence-corrected chi connectivity index (χ3v) is 5.38. The first-order valence-electron chi connectivity index (χ1n) is 6.92. The highest BCUT2D eigenvalue weighted by atomic mass is 28.3. The number of rotatable bonds is 4. The zero-order valence-electron chi connectivity index (χ0n) is 12.7. The number of hydrogen-bond donors (Lipinski definition) is 0. The summed E-state index contributed by atoms with van der Waals surface area (Å²) in [7, 11) is 0.451. The third-order valence-electron chi connectivity index (χ3n) is 3.34. The maximum absolute atomic E-state index is 5.17. The van der Waals surface area contributed by atoms with E-state index in [1.54, 1.807) is 7.11 Å². The lowest BCUT2D eigenvalue weighted by atomic mass is 10.1. The van der Waals surface area contributed by atoms with Gasteiger partial charge in [-0.3, -0.25) is 0 Å². The van der Waals surface area contributed by atoms with Crippen molar-refractivity contribution in [2.45, 2.75) is 19.6 Å². The Labute approximate surface area is 122 Å². The largest absolute Gasteiger partial charge is 0.497 e. The van der Waals surface area contributed by atoms with E-state index in [-0.39, 0.29) is 0 Å².